The number of hydrogen-bond acceptors (Lipinski definition) is 7. The second-order valence-corrected chi connectivity index (χ2v) is 9.15. The van der Waals surface area contributed by atoms with Crippen molar-refractivity contribution in [1.29, 1.82) is 0 Å². The van der Waals surface area contributed by atoms with Gasteiger partial charge in [0.1, 0.15) is 25.2 Å². The summed E-state index contributed by atoms with van der Waals surface area (Å²) in [5, 5.41) is 16.2. The number of alkyl carbamates (subject to hydrolysis) is 1. The van der Waals surface area contributed by atoms with Crippen molar-refractivity contribution in [3.63, 3.8) is 0 Å². The Labute approximate surface area is 219 Å². The van der Waals surface area contributed by atoms with Crippen molar-refractivity contribution in [2.75, 3.05) is 20.3 Å². The number of aliphatic carboxylic acids is 1. The molecule has 3 amide bonds. The van der Waals surface area contributed by atoms with Gasteiger partial charge in [0.25, 0.3) is 0 Å². The number of ether oxygens (including phenoxy) is 2. The second kappa shape index (κ2) is 12.7. The zero-order valence-corrected chi connectivity index (χ0v) is 21.4. The molecule has 0 bridgehead atoms. The van der Waals surface area contributed by atoms with Gasteiger partial charge in [-0.2, -0.15) is 0 Å². The van der Waals surface area contributed by atoms with Crippen LogP contribution in [0.5, 0.6) is 0 Å². The fraction of sp³-hybridized carbons (Fsp3) is 0.370. The Morgan fingerprint density at radius 3 is 2.03 bits per heavy atom. The van der Waals surface area contributed by atoms with Crippen LogP contribution in [-0.2, 0) is 28.7 Å². The smallest absolute Gasteiger partial charge is 0.407 e. The first-order chi connectivity index (χ1) is 18.1. The fourth-order valence-corrected chi connectivity index (χ4v) is 4.31. The summed E-state index contributed by atoms with van der Waals surface area (Å²) in [5.41, 5.74) is 4.22. The van der Waals surface area contributed by atoms with E-state index in [1.807, 2.05) is 48.5 Å². The van der Waals surface area contributed by atoms with Gasteiger partial charge in [0.05, 0.1) is 13.5 Å². The number of hydrogen-bond donors (Lipinski definition) is 4. The summed E-state index contributed by atoms with van der Waals surface area (Å²) in [4.78, 5) is 60.5. The van der Waals surface area contributed by atoms with Crippen molar-refractivity contribution in [2.24, 2.45) is 5.92 Å². The highest BCUT2D eigenvalue weighted by Gasteiger charge is 2.31. The maximum atomic E-state index is 12.6. The van der Waals surface area contributed by atoms with Crippen LogP contribution in [0.2, 0.25) is 0 Å². The van der Waals surface area contributed by atoms with Gasteiger partial charge in [-0.3, -0.25) is 14.4 Å². The third-order valence-electron chi connectivity index (χ3n) is 6.19. The first-order valence-corrected chi connectivity index (χ1v) is 12.1. The van der Waals surface area contributed by atoms with E-state index in [9.17, 15) is 24.0 Å². The lowest BCUT2D eigenvalue weighted by Crippen LogP contribution is -2.55. The van der Waals surface area contributed by atoms with Crippen LogP contribution < -0.4 is 16.0 Å². The average molecular weight is 526 g/mol. The maximum Gasteiger partial charge on any atom is 0.407 e. The zero-order chi connectivity index (χ0) is 27.8. The van der Waals surface area contributed by atoms with E-state index in [4.69, 9.17) is 9.84 Å². The monoisotopic (exact) mass is 525 g/mol. The number of rotatable bonds is 11. The lowest BCUT2D eigenvalue weighted by Gasteiger charge is -2.23. The van der Waals surface area contributed by atoms with E-state index in [-0.39, 0.29) is 18.4 Å². The first-order valence-electron chi connectivity index (χ1n) is 12.1. The van der Waals surface area contributed by atoms with Crippen LogP contribution in [0.4, 0.5) is 4.79 Å². The SMILES string of the molecule is COC(=O)[C@@H](NC(=O)[C@H](CC(=O)O)NC(=O)CNC(=O)OCC1c2ccccc2-c2ccccc21)C(C)C. The Morgan fingerprint density at radius 2 is 1.50 bits per heavy atom. The number of carboxylic acids is 1. The van der Waals surface area contributed by atoms with E-state index in [0.29, 0.717) is 0 Å². The molecule has 2 aromatic rings. The summed E-state index contributed by atoms with van der Waals surface area (Å²) in [5.74, 6) is -4.22. The molecule has 0 saturated carbocycles. The molecule has 0 spiro atoms. The van der Waals surface area contributed by atoms with E-state index < -0.39 is 54.9 Å². The standard InChI is InChI=1S/C27H31N3O8/c1-15(2)24(26(35)37-3)30-25(34)21(12-23(32)33)29-22(31)13-28-27(36)38-14-20-18-10-6-4-8-16(18)17-9-5-7-11-19(17)20/h4-11,15,20-21,24H,12-14H2,1-3H3,(H,28,36)(H,29,31)(H,30,34)(H,32,33)/t21-,24-/m0/s1. The number of fused-ring (bicyclic) bond motifs is 3. The third-order valence-corrected chi connectivity index (χ3v) is 6.19. The number of methoxy groups -OCH3 is 1. The molecule has 0 saturated heterocycles. The summed E-state index contributed by atoms with van der Waals surface area (Å²) < 4.78 is 10.0. The molecule has 11 heteroatoms. The topological polar surface area (TPSA) is 160 Å². The Kier molecular flexibility index (Phi) is 9.42. The first kappa shape index (κ1) is 28.2. The van der Waals surface area contributed by atoms with E-state index >= 15 is 0 Å². The fourth-order valence-electron chi connectivity index (χ4n) is 4.31. The largest absolute Gasteiger partial charge is 0.481 e. The van der Waals surface area contributed by atoms with Crippen molar-refractivity contribution < 1.29 is 38.6 Å². The molecule has 1 aliphatic rings. The molecule has 3 rings (SSSR count). The van der Waals surface area contributed by atoms with E-state index in [0.717, 1.165) is 29.4 Å². The van der Waals surface area contributed by atoms with Crippen LogP contribution in [-0.4, -0.2) is 67.3 Å². The Bertz CT molecular complexity index is 1170. The van der Waals surface area contributed by atoms with Crippen molar-refractivity contribution >= 4 is 29.8 Å². The molecule has 1 aliphatic carbocycles. The molecule has 38 heavy (non-hydrogen) atoms. The minimum absolute atomic E-state index is 0.0512. The van der Waals surface area contributed by atoms with Crippen molar-refractivity contribution in [2.45, 2.75) is 38.3 Å². The van der Waals surface area contributed by atoms with Crippen molar-refractivity contribution in [3.05, 3.63) is 59.7 Å². The molecule has 2 aromatic carbocycles. The van der Waals surface area contributed by atoms with Crippen molar-refractivity contribution in [1.82, 2.24) is 16.0 Å². The van der Waals surface area contributed by atoms with Crippen LogP contribution in [0.3, 0.4) is 0 Å². The van der Waals surface area contributed by atoms with E-state index in [2.05, 4.69) is 20.7 Å². The maximum absolute atomic E-state index is 12.6. The predicted molar refractivity (Wildman–Crippen MR) is 136 cm³/mol. The summed E-state index contributed by atoms with van der Waals surface area (Å²) in [6.07, 6.45) is -1.57. The number of benzene rings is 2. The predicted octanol–water partition coefficient (Wildman–Crippen LogP) is 1.80. The zero-order valence-electron chi connectivity index (χ0n) is 21.4. The highest BCUT2D eigenvalue weighted by Crippen LogP contribution is 2.44. The Balaban J connectivity index is 1.54. The molecular weight excluding hydrogens is 494 g/mol. The van der Waals surface area contributed by atoms with Gasteiger partial charge in [0.15, 0.2) is 0 Å². The Morgan fingerprint density at radius 1 is 0.921 bits per heavy atom. The summed E-state index contributed by atoms with van der Waals surface area (Å²) in [7, 11) is 1.16. The molecule has 0 aliphatic heterocycles. The summed E-state index contributed by atoms with van der Waals surface area (Å²) in [6.45, 7) is 2.84. The molecule has 202 valence electrons. The third kappa shape index (κ3) is 6.87. The molecule has 0 unspecified atom stereocenters. The molecule has 4 N–H and O–H groups in total. The minimum Gasteiger partial charge on any atom is -0.481 e. The quantitative estimate of drug-likeness (QED) is 0.323. The molecule has 2 atom stereocenters. The lowest BCUT2D eigenvalue weighted by molar-refractivity contribution is -0.147. The number of carbonyl (C=O) groups excluding carboxylic acids is 4. The van der Waals surface area contributed by atoms with Gasteiger partial charge >= 0.3 is 18.0 Å². The Hall–Kier alpha value is -4.41. The highest BCUT2D eigenvalue weighted by molar-refractivity contribution is 5.94. The van der Waals surface area contributed by atoms with Gasteiger partial charge in [0, 0.05) is 5.92 Å². The van der Waals surface area contributed by atoms with Crippen LogP contribution in [0.25, 0.3) is 11.1 Å². The average Bonchev–Trinajstić information content (AvgIpc) is 3.21. The second-order valence-electron chi connectivity index (χ2n) is 9.15. The van der Waals surface area contributed by atoms with E-state index in [1.54, 1.807) is 13.8 Å². The number of nitrogens with one attached hydrogen (secondary N) is 3. The van der Waals surface area contributed by atoms with Gasteiger partial charge in [-0.15, -0.1) is 0 Å². The van der Waals surface area contributed by atoms with E-state index in [1.165, 1.54) is 0 Å². The molecule has 0 fully saturated rings. The lowest BCUT2D eigenvalue weighted by atomic mass is 9.98. The van der Waals surface area contributed by atoms with Crippen LogP contribution >= 0.6 is 0 Å². The summed E-state index contributed by atoms with van der Waals surface area (Å²) in [6, 6.07) is 13.2. The van der Waals surface area contributed by atoms with Gasteiger partial charge in [-0.1, -0.05) is 62.4 Å². The molecule has 0 radical (unpaired) electrons. The summed E-state index contributed by atoms with van der Waals surface area (Å²) >= 11 is 0. The number of carbonyl (C=O) groups is 5. The highest BCUT2D eigenvalue weighted by atomic mass is 16.5. The van der Waals surface area contributed by atoms with Crippen LogP contribution in [0, 0.1) is 5.92 Å². The van der Waals surface area contributed by atoms with Gasteiger partial charge in [0.2, 0.25) is 11.8 Å². The van der Waals surface area contributed by atoms with Crippen molar-refractivity contribution in [3.8, 4) is 11.1 Å². The number of carboxylic acid groups (broad SMARTS) is 1. The molecule has 0 heterocycles. The van der Waals surface area contributed by atoms with Crippen LogP contribution in [0.1, 0.15) is 37.3 Å². The minimum atomic E-state index is -1.48. The molecule has 0 aromatic heterocycles. The van der Waals surface area contributed by atoms with Gasteiger partial charge in [-0.25, -0.2) is 9.59 Å². The van der Waals surface area contributed by atoms with Gasteiger partial charge in [-0.05, 0) is 28.2 Å². The van der Waals surface area contributed by atoms with Crippen LogP contribution in [0.15, 0.2) is 48.5 Å². The normalized spacial score (nSPS) is 13.5. The van der Waals surface area contributed by atoms with Gasteiger partial charge < -0.3 is 30.5 Å². The number of esters is 1. The molecule has 11 nitrogen and oxygen atoms in total. The number of amides is 3. The molecular formula is C27H31N3O8.